The summed E-state index contributed by atoms with van der Waals surface area (Å²) in [6.07, 6.45) is 0. The lowest BCUT2D eigenvalue weighted by Gasteiger charge is -2.17. The minimum absolute atomic E-state index is 0.317. The van der Waals surface area contributed by atoms with Crippen molar-refractivity contribution in [1.29, 1.82) is 5.26 Å². The van der Waals surface area contributed by atoms with E-state index >= 15 is 0 Å². The van der Waals surface area contributed by atoms with E-state index in [0.717, 1.165) is 0 Å². The summed E-state index contributed by atoms with van der Waals surface area (Å²) in [6.45, 7) is 6.81. The molecular formula is C13H17FN2. The van der Waals surface area contributed by atoms with E-state index in [4.69, 9.17) is 5.26 Å². The first-order valence-electron chi connectivity index (χ1n) is 5.46. The van der Waals surface area contributed by atoms with Crippen LogP contribution in [0.2, 0.25) is 0 Å². The van der Waals surface area contributed by atoms with E-state index in [2.05, 4.69) is 26.1 Å². The summed E-state index contributed by atoms with van der Waals surface area (Å²) in [6, 6.07) is 6.83. The van der Waals surface area contributed by atoms with Gasteiger partial charge in [0, 0.05) is 18.2 Å². The van der Waals surface area contributed by atoms with Crippen LogP contribution < -0.4 is 5.32 Å². The molecule has 0 bridgehead atoms. The molecule has 0 radical (unpaired) electrons. The number of halogens is 1. The van der Waals surface area contributed by atoms with Crippen LogP contribution in [0, 0.1) is 23.1 Å². The largest absolute Gasteiger partial charge is 0.310 e. The van der Waals surface area contributed by atoms with Gasteiger partial charge in [0.25, 0.3) is 0 Å². The minimum Gasteiger partial charge on any atom is -0.310 e. The van der Waals surface area contributed by atoms with Crippen molar-refractivity contribution in [2.45, 2.75) is 33.4 Å². The first kappa shape index (κ1) is 12.7. The molecule has 86 valence electrons. The average Bonchev–Trinajstić information content (AvgIpc) is 2.26. The Labute approximate surface area is 96.1 Å². The molecule has 0 aliphatic rings. The van der Waals surface area contributed by atoms with E-state index in [-0.39, 0.29) is 5.82 Å². The second-order valence-electron chi connectivity index (χ2n) is 4.33. The first-order chi connectivity index (χ1) is 7.54. The maximum atomic E-state index is 13.5. The molecule has 0 aliphatic heterocycles. The summed E-state index contributed by atoms with van der Waals surface area (Å²) in [5, 5.41) is 11.9. The molecule has 0 spiro atoms. The van der Waals surface area contributed by atoms with E-state index < -0.39 is 0 Å². The molecule has 0 heterocycles. The van der Waals surface area contributed by atoms with Gasteiger partial charge in [0.15, 0.2) is 0 Å². The smallest absolute Gasteiger partial charge is 0.129 e. The Bertz CT molecular complexity index is 393. The third kappa shape index (κ3) is 3.32. The highest BCUT2D eigenvalue weighted by molar-refractivity contribution is 5.32. The molecule has 1 rings (SSSR count). The zero-order chi connectivity index (χ0) is 12.1. The Morgan fingerprint density at radius 3 is 2.56 bits per heavy atom. The van der Waals surface area contributed by atoms with Crippen LogP contribution in [-0.4, -0.2) is 6.04 Å². The topological polar surface area (TPSA) is 35.8 Å². The standard InChI is InChI=1S/C13H17FN2/c1-9(2)10(3)16-8-12-5-4-11(7-15)6-13(12)14/h4-6,9-10,16H,8H2,1-3H3. The monoisotopic (exact) mass is 220 g/mol. The molecule has 0 amide bonds. The van der Waals surface area contributed by atoms with Crippen LogP contribution in [0.15, 0.2) is 18.2 Å². The average molecular weight is 220 g/mol. The van der Waals surface area contributed by atoms with Gasteiger partial charge in [-0.2, -0.15) is 5.26 Å². The number of hydrogen-bond donors (Lipinski definition) is 1. The van der Waals surface area contributed by atoms with Crippen molar-refractivity contribution in [3.8, 4) is 6.07 Å². The molecule has 0 aromatic heterocycles. The van der Waals surface area contributed by atoms with E-state index in [1.54, 1.807) is 12.1 Å². The summed E-state index contributed by atoms with van der Waals surface area (Å²) in [4.78, 5) is 0. The molecule has 0 fully saturated rings. The molecule has 2 nitrogen and oxygen atoms in total. The molecule has 1 atom stereocenters. The zero-order valence-electron chi connectivity index (χ0n) is 9.92. The number of benzene rings is 1. The molecule has 1 aromatic carbocycles. The van der Waals surface area contributed by atoms with Crippen LogP contribution >= 0.6 is 0 Å². The van der Waals surface area contributed by atoms with Crippen molar-refractivity contribution in [3.05, 3.63) is 35.1 Å². The molecule has 0 aliphatic carbocycles. The summed E-state index contributed by atoms with van der Waals surface area (Å²) in [5.74, 6) is 0.198. The van der Waals surface area contributed by atoms with Gasteiger partial charge in [-0.25, -0.2) is 4.39 Å². The predicted molar refractivity (Wildman–Crippen MR) is 62.3 cm³/mol. The number of rotatable bonds is 4. The molecule has 16 heavy (non-hydrogen) atoms. The lowest BCUT2D eigenvalue weighted by molar-refractivity contribution is 0.421. The van der Waals surface area contributed by atoms with Crippen molar-refractivity contribution in [3.63, 3.8) is 0 Å². The normalized spacial score (nSPS) is 12.5. The lowest BCUT2D eigenvalue weighted by Crippen LogP contribution is -2.30. The van der Waals surface area contributed by atoms with Crippen LogP contribution in [0.5, 0.6) is 0 Å². The van der Waals surface area contributed by atoms with Gasteiger partial charge in [-0.15, -0.1) is 0 Å². The van der Waals surface area contributed by atoms with E-state index in [0.29, 0.717) is 29.6 Å². The van der Waals surface area contributed by atoms with Crippen molar-refractivity contribution in [2.75, 3.05) is 0 Å². The molecule has 3 heteroatoms. The van der Waals surface area contributed by atoms with Gasteiger partial charge < -0.3 is 5.32 Å². The fraction of sp³-hybridized carbons (Fsp3) is 0.462. The summed E-state index contributed by atoms with van der Waals surface area (Å²) in [7, 11) is 0. The third-order valence-corrected chi connectivity index (χ3v) is 2.80. The van der Waals surface area contributed by atoms with Gasteiger partial charge in [-0.1, -0.05) is 19.9 Å². The maximum absolute atomic E-state index is 13.5. The van der Waals surface area contributed by atoms with Gasteiger partial charge in [-0.05, 0) is 25.0 Å². The second-order valence-corrected chi connectivity index (χ2v) is 4.33. The van der Waals surface area contributed by atoms with Gasteiger partial charge in [0.05, 0.1) is 11.6 Å². The highest BCUT2D eigenvalue weighted by Gasteiger charge is 2.08. The first-order valence-corrected chi connectivity index (χ1v) is 5.46. The predicted octanol–water partition coefficient (Wildman–Crippen LogP) is 2.83. The molecule has 1 aromatic rings. The minimum atomic E-state index is -0.317. The number of nitrogens with one attached hydrogen (secondary N) is 1. The Balaban J connectivity index is 2.65. The Morgan fingerprint density at radius 1 is 1.38 bits per heavy atom. The molecule has 0 saturated carbocycles. The number of nitrogens with zero attached hydrogens (tertiary/aromatic N) is 1. The van der Waals surface area contributed by atoms with Gasteiger partial charge in [0.2, 0.25) is 0 Å². The van der Waals surface area contributed by atoms with Crippen molar-refractivity contribution in [1.82, 2.24) is 5.32 Å². The van der Waals surface area contributed by atoms with Crippen LogP contribution in [0.3, 0.4) is 0 Å². The maximum Gasteiger partial charge on any atom is 0.129 e. The molecule has 1 unspecified atom stereocenters. The fourth-order valence-electron chi connectivity index (χ4n) is 1.27. The van der Waals surface area contributed by atoms with Crippen molar-refractivity contribution < 1.29 is 4.39 Å². The van der Waals surface area contributed by atoms with Crippen LogP contribution in [0.4, 0.5) is 4.39 Å². The Hall–Kier alpha value is -1.40. The quantitative estimate of drug-likeness (QED) is 0.847. The third-order valence-electron chi connectivity index (χ3n) is 2.80. The fourth-order valence-corrected chi connectivity index (χ4v) is 1.27. The van der Waals surface area contributed by atoms with Gasteiger partial charge in [-0.3, -0.25) is 0 Å². The van der Waals surface area contributed by atoms with E-state index in [1.165, 1.54) is 6.07 Å². The highest BCUT2D eigenvalue weighted by Crippen LogP contribution is 2.10. The lowest BCUT2D eigenvalue weighted by atomic mass is 10.1. The number of hydrogen-bond acceptors (Lipinski definition) is 2. The van der Waals surface area contributed by atoms with E-state index in [9.17, 15) is 4.39 Å². The van der Waals surface area contributed by atoms with E-state index in [1.807, 2.05) is 6.07 Å². The van der Waals surface area contributed by atoms with Gasteiger partial charge in [0.1, 0.15) is 5.82 Å². The number of nitriles is 1. The van der Waals surface area contributed by atoms with Gasteiger partial charge >= 0.3 is 0 Å². The summed E-state index contributed by atoms with van der Waals surface area (Å²) in [5.41, 5.74) is 0.963. The Kier molecular flexibility index (Phi) is 4.45. The van der Waals surface area contributed by atoms with Crippen LogP contribution in [0.1, 0.15) is 31.9 Å². The highest BCUT2D eigenvalue weighted by atomic mass is 19.1. The van der Waals surface area contributed by atoms with Crippen molar-refractivity contribution in [2.24, 2.45) is 5.92 Å². The molecular weight excluding hydrogens is 203 g/mol. The second kappa shape index (κ2) is 5.62. The molecule has 1 N–H and O–H groups in total. The summed E-state index contributed by atoms with van der Waals surface area (Å²) < 4.78 is 13.5. The molecule has 0 saturated heterocycles. The SMILES string of the molecule is CC(C)C(C)NCc1ccc(C#N)cc1F. The Morgan fingerprint density at radius 2 is 2.06 bits per heavy atom. The summed E-state index contributed by atoms with van der Waals surface area (Å²) >= 11 is 0. The zero-order valence-corrected chi connectivity index (χ0v) is 9.92. The van der Waals surface area contributed by atoms with Crippen LogP contribution in [0.25, 0.3) is 0 Å². The van der Waals surface area contributed by atoms with Crippen molar-refractivity contribution >= 4 is 0 Å². The van der Waals surface area contributed by atoms with Crippen LogP contribution in [-0.2, 0) is 6.54 Å².